The SMILES string of the molecule is Cc1ccc(NC[C@H]2CCCNC2)nc1. The van der Waals surface area contributed by atoms with Crippen molar-refractivity contribution in [2.24, 2.45) is 5.92 Å². The molecule has 0 aromatic carbocycles. The summed E-state index contributed by atoms with van der Waals surface area (Å²) in [5.41, 5.74) is 1.21. The van der Waals surface area contributed by atoms with Crippen molar-refractivity contribution in [1.29, 1.82) is 0 Å². The molecule has 0 unspecified atom stereocenters. The van der Waals surface area contributed by atoms with Crippen LogP contribution < -0.4 is 10.6 Å². The number of aromatic nitrogens is 1. The average Bonchev–Trinajstić information content (AvgIpc) is 2.30. The van der Waals surface area contributed by atoms with E-state index < -0.39 is 0 Å². The summed E-state index contributed by atoms with van der Waals surface area (Å²) in [4.78, 5) is 4.33. The van der Waals surface area contributed by atoms with Crippen LogP contribution in [0.1, 0.15) is 18.4 Å². The molecule has 1 saturated heterocycles. The summed E-state index contributed by atoms with van der Waals surface area (Å²) < 4.78 is 0. The minimum Gasteiger partial charge on any atom is -0.370 e. The van der Waals surface area contributed by atoms with Gasteiger partial charge in [0, 0.05) is 12.7 Å². The molecule has 1 aliphatic rings. The van der Waals surface area contributed by atoms with Gasteiger partial charge in [0.15, 0.2) is 0 Å². The molecular formula is C12H19N3. The highest BCUT2D eigenvalue weighted by molar-refractivity contribution is 5.35. The molecule has 0 amide bonds. The van der Waals surface area contributed by atoms with Gasteiger partial charge in [-0.3, -0.25) is 0 Å². The quantitative estimate of drug-likeness (QED) is 0.790. The van der Waals surface area contributed by atoms with Gasteiger partial charge in [0.25, 0.3) is 0 Å². The van der Waals surface area contributed by atoms with E-state index in [1.165, 1.54) is 24.9 Å². The van der Waals surface area contributed by atoms with Crippen LogP contribution in [0.15, 0.2) is 18.3 Å². The molecule has 82 valence electrons. The highest BCUT2D eigenvalue weighted by Gasteiger charge is 2.12. The number of hydrogen-bond acceptors (Lipinski definition) is 3. The molecule has 0 spiro atoms. The summed E-state index contributed by atoms with van der Waals surface area (Å²) in [6, 6.07) is 4.14. The zero-order valence-electron chi connectivity index (χ0n) is 9.29. The minimum atomic E-state index is 0.752. The zero-order valence-corrected chi connectivity index (χ0v) is 9.29. The number of nitrogens with zero attached hydrogens (tertiary/aromatic N) is 1. The van der Waals surface area contributed by atoms with E-state index in [2.05, 4.69) is 28.6 Å². The molecular weight excluding hydrogens is 186 g/mol. The fourth-order valence-electron chi connectivity index (χ4n) is 1.92. The largest absolute Gasteiger partial charge is 0.370 e. The van der Waals surface area contributed by atoms with Crippen LogP contribution in [0, 0.1) is 12.8 Å². The molecule has 0 radical (unpaired) electrons. The monoisotopic (exact) mass is 205 g/mol. The van der Waals surface area contributed by atoms with Crippen molar-refractivity contribution < 1.29 is 0 Å². The predicted molar refractivity (Wildman–Crippen MR) is 63.1 cm³/mol. The highest BCUT2D eigenvalue weighted by Crippen LogP contribution is 2.11. The maximum atomic E-state index is 4.33. The summed E-state index contributed by atoms with van der Waals surface area (Å²) in [6.45, 7) is 5.41. The molecule has 0 bridgehead atoms. The topological polar surface area (TPSA) is 37.0 Å². The number of anilines is 1. The number of aryl methyl sites for hydroxylation is 1. The lowest BCUT2D eigenvalue weighted by Gasteiger charge is -2.23. The first-order valence-electron chi connectivity index (χ1n) is 5.72. The van der Waals surface area contributed by atoms with Crippen molar-refractivity contribution in [3.8, 4) is 0 Å². The molecule has 3 heteroatoms. The first-order valence-corrected chi connectivity index (χ1v) is 5.72. The van der Waals surface area contributed by atoms with Crippen molar-refractivity contribution in [2.75, 3.05) is 25.0 Å². The van der Waals surface area contributed by atoms with E-state index in [1.54, 1.807) is 0 Å². The molecule has 0 saturated carbocycles. The van der Waals surface area contributed by atoms with Gasteiger partial charge in [0.1, 0.15) is 5.82 Å². The van der Waals surface area contributed by atoms with Crippen LogP contribution in [0.5, 0.6) is 0 Å². The summed E-state index contributed by atoms with van der Waals surface area (Å²) in [5.74, 6) is 1.74. The fourth-order valence-corrected chi connectivity index (χ4v) is 1.92. The van der Waals surface area contributed by atoms with Crippen LogP contribution in [-0.2, 0) is 0 Å². The highest BCUT2D eigenvalue weighted by atomic mass is 15.0. The number of rotatable bonds is 3. The van der Waals surface area contributed by atoms with E-state index in [1.807, 2.05) is 12.3 Å². The van der Waals surface area contributed by atoms with Gasteiger partial charge in [-0.25, -0.2) is 4.98 Å². The van der Waals surface area contributed by atoms with Gasteiger partial charge in [-0.1, -0.05) is 6.07 Å². The molecule has 2 rings (SSSR count). The van der Waals surface area contributed by atoms with Crippen molar-refractivity contribution in [1.82, 2.24) is 10.3 Å². The Morgan fingerprint density at radius 2 is 2.47 bits per heavy atom. The van der Waals surface area contributed by atoms with Crippen LogP contribution in [0.2, 0.25) is 0 Å². The second kappa shape index (κ2) is 5.12. The maximum Gasteiger partial charge on any atom is 0.125 e. The molecule has 1 aliphatic heterocycles. The van der Waals surface area contributed by atoms with Gasteiger partial charge < -0.3 is 10.6 Å². The van der Waals surface area contributed by atoms with E-state index in [9.17, 15) is 0 Å². The predicted octanol–water partition coefficient (Wildman–Crippen LogP) is 1.80. The van der Waals surface area contributed by atoms with Crippen LogP contribution in [-0.4, -0.2) is 24.6 Å². The second-order valence-electron chi connectivity index (χ2n) is 4.31. The Bertz CT molecular complexity index is 288. The lowest BCUT2D eigenvalue weighted by atomic mass is 10.00. The molecule has 15 heavy (non-hydrogen) atoms. The Morgan fingerprint density at radius 3 is 3.13 bits per heavy atom. The first kappa shape index (κ1) is 10.4. The van der Waals surface area contributed by atoms with Crippen molar-refractivity contribution >= 4 is 5.82 Å². The van der Waals surface area contributed by atoms with E-state index in [0.717, 1.165) is 24.8 Å². The van der Waals surface area contributed by atoms with Gasteiger partial charge in [-0.15, -0.1) is 0 Å². The average molecular weight is 205 g/mol. The Labute approximate surface area is 91.3 Å². The summed E-state index contributed by atoms with van der Waals surface area (Å²) in [5, 5.41) is 6.81. The fraction of sp³-hybridized carbons (Fsp3) is 0.583. The molecule has 1 atom stereocenters. The van der Waals surface area contributed by atoms with Crippen LogP contribution in [0.25, 0.3) is 0 Å². The number of pyridine rings is 1. The van der Waals surface area contributed by atoms with Crippen molar-refractivity contribution in [2.45, 2.75) is 19.8 Å². The van der Waals surface area contributed by atoms with Gasteiger partial charge >= 0.3 is 0 Å². The Kier molecular flexibility index (Phi) is 3.56. The van der Waals surface area contributed by atoms with Crippen LogP contribution >= 0.6 is 0 Å². The summed E-state index contributed by atoms with van der Waals surface area (Å²) in [6.07, 6.45) is 4.53. The Morgan fingerprint density at radius 1 is 1.53 bits per heavy atom. The Balaban J connectivity index is 1.79. The van der Waals surface area contributed by atoms with Gasteiger partial charge in [0.05, 0.1) is 0 Å². The summed E-state index contributed by atoms with van der Waals surface area (Å²) >= 11 is 0. The normalized spacial score (nSPS) is 21.3. The third-order valence-electron chi connectivity index (χ3n) is 2.88. The minimum absolute atomic E-state index is 0.752. The molecule has 1 fully saturated rings. The third-order valence-corrected chi connectivity index (χ3v) is 2.88. The van der Waals surface area contributed by atoms with Crippen molar-refractivity contribution in [3.63, 3.8) is 0 Å². The standard InChI is InChI=1S/C12H19N3/c1-10-4-5-12(14-7-10)15-9-11-3-2-6-13-8-11/h4-5,7,11,13H,2-3,6,8-9H2,1H3,(H,14,15)/t11-/m0/s1. The van der Waals surface area contributed by atoms with Crippen molar-refractivity contribution in [3.05, 3.63) is 23.9 Å². The number of hydrogen-bond donors (Lipinski definition) is 2. The van der Waals surface area contributed by atoms with E-state index >= 15 is 0 Å². The smallest absolute Gasteiger partial charge is 0.125 e. The first-order chi connectivity index (χ1) is 7.34. The number of nitrogens with one attached hydrogen (secondary N) is 2. The maximum absolute atomic E-state index is 4.33. The molecule has 1 aromatic rings. The zero-order chi connectivity index (χ0) is 10.5. The third kappa shape index (κ3) is 3.20. The molecule has 3 nitrogen and oxygen atoms in total. The molecule has 0 aliphatic carbocycles. The van der Waals surface area contributed by atoms with E-state index in [-0.39, 0.29) is 0 Å². The molecule has 2 N–H and O–H groups in total. The Hall–Kier alpha value is -1.09. The van der Waals surface area contributed by atoms with Gasteiger partial charge in [-0.05, 0) is 50.4 Å². The van der Waals surface area contributed by atoms with Crippen LogP contribution in [0.3, 0.4) is 0 Å². The summed E-state index contributed by atoms with van der Waals surface area (Å²) in [7, 11) is 0. The van der Waals surface area contributed by atoms with E-state index in [0.29, 0.717) is 0 Å². The lowest BCUT2D eigenvalue weighted by molar-refractivity contribution is 0.392. The second-order valence-corrected chi connectivity index (χ2v) is 4.31. The number of piperidine rings is 1. The molecule has 1 aromatic heterocycles. The van der Waals surface area contributed by atoms with Gasteiger partial charge in [-0.2, -0.15) is 0 Å². The lowest BCUT2D eigenvalue weighted by Crippen LogP contribution is -2.33. The van der Waals surface area contributed by atoms with Gasteiger partial charge in [0.2, 0.25) is 0 Å². The van der Waals surface area contributed by atoms with E-state index in [4.69, 9.17) is 0 Å². The molecule has 2 heterocycles. The van der Waals surface area contributed by atoms with Crippen LogP contribution in [0.4, 0.5) is 5.82 Å².